The van der Waals surface area contributed by atoms with Crippen LogP contribution in [0.15, 0.2) is 48.5 Å². The molecule has 0 bridgehead atoms. The summed E-state index contributed by atoms with van der Waals surface area (Å²) in [6.45, 7) is 6.18. The molecule has 2 aromatic rings. The summed E-state index contributed by atoms with van der Waals surface area (Å²) in [5, 5.41) is 0. The van der Waals surface area contributed by atoms with E-state index in [4.69, 9.17) is 15.2 Å². The quantitative estimate of drug-likeness (QED) is 0.0703. The van der Waals surface area contributed by atoms with E-state index in [-0.39, 0.29) is 6.04 Å². The molecular formula is C49H85NO2. The maximum absolute atomic E-state index is 6.62. The minimum Gasteiger partial charge on any atom is -0.494 e. The summed E-state index contributed by atoms with van der Waals surface area (Å²) in [5.41, 5.74) is 8.84. The lowest BCUT2D eigenvalue weighted by Crippen LogP contribution is -2.11. The minimum absolute atomic E-state index is 0.149. The largest absolute Gasteiger partial charge is 0.494 e. The van der Waals surface area contributed by atoms with E-state index in [1.165, 1.54) is 193 Å². The molecule has 298 valence electrons. The molecule has 0 saturated carbocycles. The van der Waals surface area contributed by atoms with E-state index in [1.54, 1.807) is 0 Å². The van der Waals surface area contributed by atoms with Crippen molar-refractivity contribution in [3.63, 3.8) is 0 Å². The lowest BCUT2D eigenvalue weighted by atomic mass is 9.99. The van der Waals surface area contributed by atoms with E-state index in [1.807, 2.05) is 0 Å². The van der Waals surface area contributed by atoms with Gasteiger partial charge in [0, 0.05) is 0 Å². The first-order chi connectivity index (χ1) is 25.7. The lowest BCUT2D eigenvalue weighted by Gasteiger charge is -2.14. The van der Waals surface area contributed by atoms with Gasteiger partial charge in [-0.25, -0.2) is 0 Å². The molecule has 0 unspecified atom stereocenters. The molecule has 0 fully saturated rings. The van der Waals surface area contributed by atoms with Crippen LogP contribution in [-0.4, -0.2) is 13.2 Å². The monoisotopic (exact) mass is 720 g/mol. The van der Waals surface area contributed by atoms with Crippen LogP contribution in [0.5, 0.6) is 11.5 Å². The Labute approximate surface area is 324 Å². The molecule has 0 aliphatic carbocycles. The van der Waals surface area contributed by atoms with Crippen LogP contribution < -0.4 is 15.2 Å². The molecule has 2 aromatic carbocycles. The average molecular weight is 720 g/mol. The highest BCUT2D eigenvalue weighted by Gasteiger charge is 2.10. The van der Waals surface area contributed by atoms with Crippen LogP contribution in [0, 0.1) is 0 Å². The molecule has 0 aromatic heterocycles. The highest BCUT2D eigenvalue weighted by molar-refractivity contribution is 5.37. The Balaban J connectivity index is 1.41. The van der Waals surface area contributed by atoms with Crippen molar-refractivity contribution in [2.75, 3.05) is 13.2 Å². The third-order valence-electron chi connectivity index (χ3n) is 11.0. The van der Waals surface area contributed by atoms with Crippen LogP contribution in [0.1, 0.15) is 236 Å². The van der Waals surface area contributed by atoms with Crippen molar-refractivity contribution < 1.29 is 9.47 Å². The standard InChI is InChI=1S/C49H85NO2/c1-3-5-7-9-11-13-15-17-19-21-23-25-27-29-31-33-43-51-47-39-35-45(36-40-47)49(50)46-37-41-48(42-38-46)52-44-34-32-30-28-26-24-22-20-18-16-14-12-10-8-6-4-2/h35-42,49H,3-34,43-44,50H2,1-2H3. The van der Waals surface area contributed by atoms with Crippen molar-refractivity contribution in [2.45, 2.75) is 225 Å². The third kappa shape index (κ3) is 25.9. The molecule has 2 N–H and O–H groups in total. The normalized spacial score (nSPS) is 11.5. The van der Waals surface area contributed by atoms with Crippen molar-refractivity contribution in [1.82, 2.24) is 0 Å². The van der Waals surface area contributed by atoms with E-state index in [0.717, 1.165) is 48.7 Å². The molecule has 0 aliphatic rings. The molecule has 3 nitrogen and oxygen atoms in total. The van der Waals surface area contributed by atoms with Gasteiger partial charge in [0.05, 0.1) is 19.3 Å². The summed E-state index contributed by atoms with van der Waals surface area (Å²) < 4.78 is 12.1. The van der Waals surface area contributed by atoms with Crippen molar-refractivity contribution in [1.29, 1.82) is 0 Å². The zero-order valence-corrected chi connectivity index (χ0v) is 34.6. The summed E-state index contributed by atoms with van der Waals surface area (Å²) in [4.78, 5) is 0. The third-order valence-corrected chi connectivity index (χ3v) is 11.0. The topological polar surface area (TPSA) is 44.5 Å². The molecule has 52 heavy (non-hydrogen) atoms. The number of unbranched alkanes of at least 4 members (excludes halogenated alkanes) is 30. The fourth-order valence-corrected chi connectivity index (χ4v) is 7.42. The second kappa shape index (κ2) is 34.7. The second-order valence-corrected chi connectivity index (χ2v) is 15.9. The number of hydrogen-bond acceptors (Lipinski definition) is 3. The van der Waals surface area contributed by atoms with Gasteiger partial charge in [-0.2, -0.15) is 0 Å². The maximum Gasteiger partial charge on any atom is 0.119 e. The van der Waals surface area contributed by atoms with Gasteiger partial charge in [-0.15, -0.1) is 0 Å². The zero-order valence-electron chi connectivity index (χ0n) is 34.6. The number of ether oxygens (including phenoxy) is 2. The summed E-state index contributed by atoms with van der Waals surface area (Å²) in [6.07, 6.45) is 44.5. The predicted octanol–water partition coefficient (Wildman–Crippen LogP) is 16.0. The van der Waals surface area contributed by atoms with Gasteiger partial charge in [0.25, 0.3) is 0 Å². The van der Waals surface area contributed by atoms with Gasteiger partial charge in [-0.1, -0.05) is 231 Å². The van der Waals surface area contributed by atoms with Crippen LogP contribution in [0.2, 0.25) is 0 Å². The molecule has 3 heteroatoms. The Kier molecular flexibility index (Phi) is 30.8. The molecule has 0 saturated heterocycles. The van der Waals surface area contributed by atoms with Gasteiger partial charge in [0.2, 0.25) is 0 Å². The fourth-order valence-electron chi connectivity index (χ4n) is 7.42. The van der Waals surface area contributed by atoms with Gasteiger partial charge in [0.15, 0.2) is 0 Å². The highest BCUT2D eigenvalue weighted by atomic mass is 16.5. The lowest BCUT2D eigenvalue weighted by molar-refractivity contribution is 0.304. The van der Waals surface area contributed by atoms with E-state index < -0.39 is 0 Å². The van der Waals surface area contributed by atoms with Gasteiger partial charge in [-0.05, 0) is 48.2 Å². The predicted molar refractivity (Wildman–Crippen MR) is 229 cm³/mol. The first-order valence-corrected chi connectivity index (χ1v) is 23.0. The van der Waals surface area contributed by atoms with Gasteiger partial charge in [-0.3, -0.25) is 0 Å². The van der Waals surface area contributed by atoms with Crippen molar-refractivity contribution in [3.05, 3.63) is 59.7 Å². The van der Waals surface area contributed by atoms with E-state index >= 15 is 0 Å². The number of nitrogens with two attached hydrogens (primary N) is 1. The van der Waals surface area contributed by atoms with Gasteiger partial charge < -0.3 is 15.2 Å². The average Bonchev–Trinajstić information content (AvgIpc) is 3.17. The minimum atomic E-state index is -0.149. The van der Waals surface area contributed by atoms with Crippen LogP contribution in [0.3, 0.4) is 0 Å². The van der Waals surface area contributed by atoms with Gasteiger partial charge in [0.1, 0.15) is 11.5 Å². The van der Waals surface area contributed by atoms with Crippen LogP contribution in [0.25, 0.3) is 0 Å². The Bertz CT molecular complexity index is 922. The molecule has 0 atom stereocenters. The smallest absolute Gasteiger partial charge is 0.119 e. The van der Waals surface area contributed by atoms with E-state index in [9.17, 15) is 0 Å². The fraction of sp³-hybridized carbons (Fsp3) is 0.755. The molecule has 0 heterocycles. The molecule has 0 aliphatic heterocycles. The van der Waals surface area contributed by atoms with E-state index in [2.05, 4.69) is 62.4 Å². The molecule has 0 spiro atoms. The molecule has 0 amide bonds. The summed E-state index contributed by atoms with van der Waals surface area (Å²) in [5.74, 6) is 1.88. The summed E-state index contributed by atoms with van der Waals surface area (Å²) >= 11 is 0. The number of benzene rings is 2. The van der Waals surface area contributed by atoms with Crippen LogP contribution >= 0.6 is 0 Å². The Morgan fingerprint density at radius 3 is 0.769 bits per heavy atom. The molecule has 0 radical (unpaired) electrons. The van der Waals surface area contributed by atoms with Crippen LogP contribution in [0.4, 0.5) is 0 Å². The Hall–Kier alpha value is -2.00. The first-order valence-electron chi connectivity index (χ1n) is 23.0. The van der Waals surface area contributed by atoms with Crippen molar-refractivity contribution in [2.24, 2.45) is 5.73 Å². The van der Waals surface area contributed by atoms with Gasteiger partial charge >= 0.3 is 0 Å². The molecule has 2 rings (SSSR count). The molecular weight excluding hydrogens is 635 g/mol. The maximum atomic E-state index is 6.62. The number of hydrogen-bond donors (Lipinski definition) is 1. The Morgan fingerprint density at radius 2 is 0.538 bits per heavy atom. The number of rotatable bonds is 38. The first kappa shape index (κ1) is 46.2. The Morgan fingerprint density at radius 1 is 0.327 bits per heavy atom. The van der Waals surface area contributed by atoms with E-state index in [0.29, 0.717) is 0 Å². The summed E-state index contributed by atoms with van der Waals surface area (Å²) in [7, 11) is 0. The second-order valence-electron chi connectivity index (χ2n) is 15.9. The zero-order chi connectivity index (χ0) is 37.0. The highest BCUT2D eigenvalue weighted by Crippen LogP contribution is 2.25. The SMILES string of the molecule is CCCCCCCCCCCCCCCCCCOc1ccc(C(N)c2ccc(OCCCCCCCCCCCCCCCCCC)cc2)cc1. The van der Waals surface area contributed by atoms with Crippen molar-refractivity contribution in [3.8, 4) is 11.5 Å². The van der Waals surface area contributed by atoms with Crippen LogP contribution in [-0.2, 0) is 0 Å². The van der Waals surface area contributed by atoms with Crippen molar-refractivity contribution >= 4 is 0 Å². The summed E-state index contributed by atoms with van der Waals surface area (Å²) in [6, 6.07) is 16.5.